The number of amides is 2. The van der Waals surface area contributed by atoms with E-state index in [1.165, 1.54) is 0 Å². The summed E-state index contributed by atoms with van der Waals surface area (Å²) < 4.78 is 7.06. The van der Waals surface area contributed by atoms with Gasteiger partial charge in [-0.2, -0.15) is 5.10 Å². The topological polar surface area (TPSA) is 83.6 Å². The molecule has 3 rings (SSSR count). The summed E-state index contributed by atoms with van der Waals surface area (Å²) in [6, 6.07) is 5.37. The molecule has 8 heteroatoms. The van der Waals surface area contributed by atoms with Crippen molar-refractivity contribution in [2.24, 2.45) is 5.92 Å². The number of likely N-dealkylation sites (N-methyl/N-ethyl adjacent to an activating group) is 1. The van der Waals surface area contributed by atoms with Crippen molar-refractivity contribution in [1.82, 2.24) is 19.6 Å². The van der Waals surface area contributed by atoms with Gasteiger partial charge in [0.25, 0.3) is 0 Å². The highest BCUT2D eigenvalue weighted by Gasteiger charge is 2.34. The minimum absolute atomic E-state index is 0.0342. The molecule has 3 heterocycles. The molecular weight excluding hydrogens is 322 g/mol. The molecule has 0 aromatic carbocycles. The van der Waals surface area contributed by atoms with Gasteiger partial charge in [-0.1, -0.05) is 0 Å². The molecule has 1 N–H and O–H groups in total. The number of anilines is 1. The van der Waals surface area contributed by atoms with Crippen LogP contribution in [-0.2, 0) is 22.7 Å². The third-order valence-electron chi connectivity index (χ3n) is 4.18. The van der Waals surface area contributed by atoms with Crippen LogP contribution in [0.1, 0.15) is 12.2 Å². The molecule has 0 aliphatic carbocycles. The summed E-state index contributed by atoms with van der Waals surface area (Å²) in [4.78, 5) is 28.2. The molecule has 25 heavy (non-hydrogen) atoms. The lowest BCUT2D eigenvalue weighted by atomic mass is 10.1. The number of hydrogen-bond donors (Lipinski definition) is 1. The number of nitrogens with one attached hydrogen (secondary N) is 1. The van der Waals surface area contributed by atoms with Crippen molar-refractivity contribution in [3.05, 3.63) is 36.4 Å². The molecule has 1 aliphatic rings. The van der Waals surface area contributed by atoms with Crippen LogP contribution in [0.25, 0.3) is 0 Å². The second kappa shape index (κ2) is 7.52. The van der Waals surface area contributed by atoms with Crippen LogP contribution in [-0.4, -0.2) is 58.6 Å². The second-order valence-corrected chi connectivity index (χ2v) is 6.51. The summed E-state index contributed by atoms with van der Waals surface area (Å²) in [5.41, 5.74) is 0. The number of furan rings is 1. The van der Waals surface area contributed by atoms with Crippen LogP contribution in [0.4, 0.5) is 5.82 Å². The summed E-state index contributed by atoms with van der Waals surface area (Å²) in [7, 11) is 4.00. The van der Waals surface area contributed by atoms with E-state index in [2.05, 4.69) is 15.3 Å². The van der Waals surface area contributed by atoms with Crippen molar-refractivity contribution in [2.75, 3.05) is 32.5 Å². The van der Waals surface area contributed by atoms with E-state index < -0.39 is 0 Å². The van der Waals surface area contributed by atoms with E-state index in [0.717, 1.165) is 13.1 Å². The van der Waals surface area contributed by atoms with Gasteiger partial charge in [-0.3, -0.25) is 14.3 Å². The van der Waals surface area contributed by atoms with Gasteiger partial charge in [0.2, 0.25) is 11.8 Å². The highest BCUT2D eigenvalue weighted by atomic mass is 16.3. The van der Waals surface area contributed by atoms with Crippen molar-refractivity contribution in [3.63, 3.8) is 0 Å². The summed E-state index contributed by atoms with van der Waals surface area (Å²) in [6.07, 6.45) is 3.63. The van der Waals surface area contributed by atoms with E-state index >= 15 is 0 Å². The maximum absolute atomic E-state index is 12.4. The monoisotopic (exact) mass is 345 g/mol. The standard InChI is InChI=1S/C17H23N5O3/c1-20(2)7-8-22-6-5-15(19-22)18-17(24)13-10-16(23)21(11-13)12-14-4-3-9-25-14/h3-6,9,13H,7-8,10-12H2,1-2H3,(H,18,19,24). The number of hydrogen-bond acceptors (Lipinski definition) is 5. The largest absolute Gasteiger partial charge is 0.467 e. The number of carbonyl (C=O) groups excluding carboxylic acids is 2. The molecule has 1 unspecified atom stereocenters. The van der Waals surface area contributed by atoms with E-state index in [1.807, 2.05) is 26.4 Å². The molecule has 0 spiro atoms. The number of rotatable bonds is 7. The second-order valence-electron chi connectivity index (χ2n) is 6.51. The van der Waals surface area contributed by atoms with Crippen molar-refractivity contribution in [1.29, 1.82) is 0 Å². The summed E-state index contributed by atoms with van der Waals surface area (Å²) in [5.74, 6) is 0.658. The Morgan fingerprint density at radius 2 is 2.28 bits per heavy atom. The quantitative estimate of drug-likeness (QED) is 0.810. The SMILES string of the molecule is CN(C)CCn1ccc(NC(=O)C2CC(=O)N(Cc3ccco3)C2)n1. The zero-order chi connectivity index (χ0) is 17.8. The zero-order valence-electron chi connectivity index (χ0n) is 14.5. The van der Waals surface area contributed by atoms with Crippen LogP contribution < -0.4 is 5.32 Å². The Labute approximate surface area is 146 Å². The van der Waals surface area contributed by atoms with E-state index in [4.69, 9.17) is 4.42 Å². The Morgan fingerprint density at radius 3 is 3.00 bits per heavy atom. The van der Waals surface area contributed by atoms with Crippen molar-refractivity contribution in [3.8, 4) is 0 Å². The fraction of sp³-hybridized carbons (Fsp3) is 0.471. The third-order valence-corrected chi connectivity index (χ3v) is 4.18. The van der Waals surface area contributed by atoms with Crippen LogP contribution >= 0.6 is 0 Å². The normalized spacial score (nSPS) is 17.5. The number of carbonyl (C=O) groups is 2. The first-order valence-corrected chi connectivity index (χ1v) is 8.30. The Morgan fingerprint density at radius 1 is 1.44 bits per heavy atom. The van der Waals surface area contributed by atoms with Gasteiger partial charge >= 0.3 is 0 Å². The average molecular weight is 345 g/mol. The van der Waals surface area contributed by atoms with Crippen molar-refractivity contribution in [2.45, 2.75) is 19.5 Å². The van der Waals surface area contributed by atoms with E-state index in [9.17, 15) is 9.59 Å². The van der Waals surface area contributed by atoms with Gasteiger partial charge in [0.1, 0.15) is 5.76 Å². The number of likely N-dealkylation sites (tertiary alicyclic amines) is 1. The molecule has 1 saturated heterocycles. The minimum Gasteiger partial charge on any atom is -0.467 e. The van der Waals surface area contributed by atoms with Gasteiger partial charge in [0, 0.05) is 31.8 Å². The lowest BCUT2D eigenvalue weighted by Gasteiger charge is -2.14. The van der Waals surface area contributed by atoms with Crippen LogP contribution in [0.3, 0.4) is 0 Å². The van der Waals surface area contributed by atoms with Crippen LogP contribution in [0, 0.1) is 5.92 Å². The van der Waals surface area contributed by atoms with Crippen molar-refractivity contribution < 1.29 is 14.0 Å². The fourth-order valence-corrected chi connectivity index (χ4v) is 2.77. The average Bonchev–Trinajstić information content (AvgIpc) is 3.29. The lowest BCUT2D eigenvalue weighted by molar-refractivity contribution is -0.128. The van der Waals surface area contributed by atoms with E-state index in [1.54, 1.807) is 28.0 Å². The molecule has 0 bridgehead atoms. The van der Waals surface area contributed by atoms with Crippen molar-refractivity contribution >= 4 is 17.6 Å². The van der Waals surface area contributed by atoms with Gasteiger partial charge in [-0.15, -0.1) is 0 Å². The molecular formula is C17H23N5O3. The smallest absolute Gasteiger partial charge is 0.230 e. The molecule has 0 radical (unpaired) electrons. The van der Waals surface area contributed by atoms with Gasteiger partial charge in [-0.05, 0) is 26.2 Å². The first kappa shape index (κ1) is 17.2. The van der Waals surface area contributed by atoms with Gasteiger partial charge in [-0.25, -0.2) is 0 Å². The highest BCUT2D eigenvalue weighted by molar-refractivity contribution is 5.96. The molecule has 2 amide bonds. The molecule has 1 aliphatic heterocycles. The van der Waals surface area contributed by atoms with Gasteiger partial charge in [0.15, 0.2) is 5.82 Å². The summed E-state index contributed by atoms with van der Waals surface area (Å²) in [5, 5.41) is 7.14. The molecule has 2 aromatic rings. The van der Waals surface area contributed by atoms with Crippen LogP contribution in [0.2, 0.25) is 0 Å². The molecule has 1 atom stereocenters. The molecule has 2 aromatic heterocycles. The Hall–Kier alpha value is -2.61. The van der Waals surface area contributed by atoms with Crippen LogP contribution in [0.5, 0.6) is 0 Å². The summed E-state index contributed by atoms with van der Waals surface area (Å²) in [6.45, 7) is 2.41. The van der Waals surface area contributed by atoms with Gasteiger partial charge in [0.05, 0.1) is 25.3 Å². The minimum atomic E-state index is -0.366. The predicted octanol–water partition coefficient (Wildman–Crippen LogP) is 1.02. The first-order valence-electron chi connectivity index (χ1n) is 8.30. The third kappa shape index (κ3) is 4.48. The van der Waals surface area contributed by atoms with Gasteiger partial charge < -0.3 is 19.5 Å². The predicted molar refractivity (Wildman–Crippen MR) is 91.6 cm³/mol. The molecule has 0 saturated carbocycles. The van der Waals surface area contributed by atoms with Crippen LogP contribution in [0.15, 0.2) is 35.1 Å². The lowest BCUT2D eigenvalue weighted by Crippen LogP contribution is -2.28. The highest BCUT2D eigenvalue weighted by Crippen LogP contribution is 2.21. The maximum Gasteiger partial charge on any atom is 0.230 e. The van der Waals surface area contributed by atoms with E-state index in [-0.39, 0.29) is 24.2 Å². The first-order chi connectivity index (χ1) is 12.0. The molecule has 134 valence electrons. The maximum atomic E-state index is 12.4. The number of aromatic nitrogens is 2. The fourth-order valence-electron chi connectivity index (χ4n) is 2.77. The molecule has 8 nitrogen and oxygen atoms in total. The Bertz CT molecular complexity index is 722. The number of nitrogens with zero attached hydrogens (tertiary/aromatic N) is 4. The zero-order valence-corrected chi connectivity index (χ0v) is 14.5. The Balaban J connectivity index is 1.52. The van der Waals surface area contributed by atoms with E-state index in [0.29, 0.717) is 24.7 Å². The summed E-state index contributed by atoms with van der Waals surface area (Å²) >= 11 is 0. The Kier molecular flexibility index (Phi) is 5.18. The molecule has 1 fully saturated rings.